The SMILES string of the molecule is CCCOc1ccc(C(O)c2cc3c(s2)CCSC3)cc1. The van der Waals surface area contributed by atoms with E-state index in [-0.39, 0.29) is 0 Å². The van der Waals surface area contributed by atoms with E-state index in [1.54, 1.807) is 11.3 Å². The molecule has 112 valence electrons. The molecule has 1 unspecified atom stereocenters. The fourth-order valence-electron chi connectivity index (χ4n) is 2.44. The van der Waals surface area contributed by atoms with Gasteiger partial charge in [-0.1, -0.05) is 19.1 Å². The molecule has 4 heteroatoms. The van der Waals surface area contributed by atoms with Crippen LogP contribution in [0.4, 0.5) is 0 Å². The van der Waals surface area contributed by atoms with Crippen molar-refractivity contribution in [2.45, 2.75) is 31.6 Å². The van der Waals surface area contributed by atoms with Crippen LogP contribution in [0.15, 0.2) is 30.3 Å². The third kappa shape index (κ3) is 3.44. The molecule has 1 aliphatic rings. The van der Waals surface area contributed by atoms with Crippen LogP contribution in [-0.4, -0.2) is 17.5 Å². The summed E-state index contributed by atoms with van der Waals surface area (Å²) in [6.45, 7) is 2.83. The van der Waals surface area contributed by atoms with Crippen molar-refractivity contribution in [1.82, 2.24) is 0 Å². The van der Waals surface area contributed by atoms with Gasteiger partial charge in [0, 0.05) is 15.5 Å². The van der Waals surface area contributed by atoms with Crippen molar-refractivity contribution >= 4 is 23.1 Å². The Kier molecular flexibility index (Phi) is 4.88. The number of rotatable bonds is 5. The van der Waals surface area contributed by atoms with Crippen LogP contribution in [0.1, 0.15) is 40.3 Å². The summed E-state index contributed by atoms with van der Waals surface area (Å²) in [6.07, 6.45) is 1.62. The highest BCUT2D eigenvalue weighted by Gasteiger charge is 2.19. The summed E-state index contributed by atoms with van der Waals surface area (Å²) in [5.74, 6) is 3.16. The fraction of sp³-hybridized carbons (Fsp3) is 0.412. The highest BCUT2D eigenvalue weighted by molar-refractivity contribution is 7.98. The minimum Gasteiger partial charge on any atom is -0.494 e. The van der Waals surface area contributed by atoms with Crippen molar-refractivity contribution in [2.24, 2.45) is 0 Å². The smallest absolute Gasteiger partial charge is 0.119 e. The predicted octanol–water partition coefficient (Wildman–Crippen LogP) is 4.41. The summed E-state index contributed by atoms with van der Waals surface area (Å²) in [4.78, 5) is 2.51. The van der Waals surface area contributed by atoms with Crippen LogP contribution < -0.4 is 4.74 Å². The third-order valence-electron chi connectivity index (χ3n) is 3.58. The van der Waals surface area contributed by atoms with Crippen LogP contribution in [0.25, 0.3) is 0 Å². The van der Waals surface area contributed by atoms with Crippen LogP contribution in [0.2, 0.25) is 0 Å². The first-order valence-electron chi connectivity index (χ1n) is 7.38. The summed E-state index contributed by atoms with van der Waals surface area (Å²) in [5.41, 5.74) is 2.35. The lowest BCUT2D eigenvalue weighted by atomic mass is 10.1. The number of hydrogen-bond acceptors (Lipinski definition) is 4. The largest absolute Gasteiger partial charge is 0.494 e. The minimum atomic E-state index is -0.522. The molecule has 1 N–H and O–H groups in total. The Morgan fingerprint density at radius 2 is 2.10 bits per heavy atom. The molecule has 2 nitrogen and oxygen atoms in total. The predicted molar refractivity (Wildman–Crippen MR) is 90.5 cm³/mol. The van der Waals surface area contributed by atoms with Crippen molar-refractivity contribution in [2.75, 3.05) is 12.4 Å². The topological polar surface area (TPSA) is 29.5 Å². The lowest BCUT2D eigenvalue weighted by Crippen LogP contribution is -1.98. The molecular weight excluding hydrogens is 300 g/mol. The lowest BCUT2D eigenvalue weighted by Gasteiger charge is -2.10. The molecule has 0 spiro atoms. The minimum absolute atomic E-state index is 0.522. The van der Waals surface area contributed by atoms with E-state index in [2.05, 4.69) is 13.0 Å². The van der Waals surface area contributed by atoms with Gasteiger partial charge in [-0.2, -0.15) is 11.8 Å². The molecular formula is C17H20O2S2. The molecule has 0 fully saturated rings. The number of thioether (sulfide) groups is 1. The van der Waals surface area contributed by atoms with E-state index in [1.807, 2.05) is 36.0 Å². The van der Waals surface area contributed by atoms with Gasteiger partial charge in [-0.05, 0) is 47.9 Å². The Hall–Kier alpha value is -0.970. The molecule has 1 aromatic heterocycles. The number of aryl methyl sites for hydroxylation is 1. The Bertz CT molecular complexity index is 566. The van der Waals surface area contributed by atoms with Gasteiger partial charge in [-0.15, -0.1) is 11.3 Å². The highest BCUT2D eigenvalue weighted by atomic mass is 32.2. The molecule has 1 atom stereocenters. The number of aliphatic hydroxyl groups is 1. The first kappa shape index (κ1) is 14.9. The van der Waals surface area contributed by atoms with E-state index in [4.69, 9.17) is 4.74 Å². The van der Waals surface area contributed by atoms with Gasteiger partial charge in [0.25, 0.3) is 0 Å². The number of hydrogen-bond donors (Lipinski definition) is 1. The van der Waals surface area contributed by atoms with E-state index in [0.717, 1.165) is 41.4 Å². The summed E-state index contributed by atoms with van der Waals surface area (Å²) in [5, 5.41) is 10.6. The van der Waals surface area contributed by atoms with Crippen molar-refractivity contribution < 1.29 is 9.84 Å². The van der Waals surface area contributed by atoms with E-state index < -0.39 is 6.10 Å². The quantitative estimate of drug-likeness (QED) is 0.885. The van der Waals surface area contributed by atoms with Crippen LogP contribution >= 0.6 is 23.1 Å². The number of fused-ring (bicyclic) bond motifs is 1. The Labute approximate surface area is 134 Å². The van der Waals surface area contributed by atoms with Crippen LogP contribution in [-0.2, 0) is 12.2 Å². The molecule has 0 aliphatic carbocycles. The second-order valence-electron chi connectivity index (χ2n) is 5.22. The van der Waals surface area contributed by atoms with Crippen molar-refractivity contribution in [3.05, 3.63) is 51.2 Å². The van der Waals surface area contributed by atoms with E-state index >= 15 is 0 Å². The normalized spacial score (nSPS) is 15.5. The maximum absolute atomic E-state index is 10.6. The highest BCUT2D eigenvalue weighted by Crippen LogP contribution is 2.36. The van der Waals surface area contributed by atoms with E-state index in [1.165, 1.54) is 16.2 Å². The van der Waals surface area contributed by atoms with E-state index in [0.29, 0.717) is 0 Å². The molecule has 2 heterocycles. The zero-order valence-electron chi connectivity index (χ0n) is 12.2. The van der Waals surface area contributed by atoms with Gasteiger partial charge in [-0.25, -0.2) is 0 Å². The molecule has 21 heavy (non-hydrogen) atoms. The molecule has 0 bridgehead atoms. The first-order valence-corrected chi connectivity index (χ1v) is 9.35. The molecule has 1 aliphatic heterocycles. The van der Waals surface area contributed by atoms with Crippen LogP contribution in [0.3, 0.4) is 0 Å². The molecule has 0 saturated heterocycles. The summed E-state index contributed by atoms with van der Waals surface area (Å²) < 4.78 is 5.58. The molecule has 0 saturated carbocycles. The van der Waals surface area contributed by atoms with Gasteiger partial charge in [0.1, 0.15) is 11.9 Å². The maximum atomic E-state index is 10.6. The first-order chi connectivity index (χ1) is 10.3. The molecule has 3 rings (SSSR count). The van der Waals surface area contributed by atoms with Gasteiger partial charge in [0.2, 0.25) is 0 Å². The zero-order valence-corrected chi connectivity index (χ0v) is 13.8. The average Bonchev–Trinajstić information content (AvgIpc) is 2.96. The molecule has 0 amide bonds. The summed E-state index contributed by atoms with van der Waals surface area (Å²) in [7, 11) is 0. The van der Waals surface area contributed by atoms with Crippen LogP contribution in [0.5, 0.6) is 5.75 Å². The second kappa shape index (κ2) is 6.86. The van der Waals surface area contributed by atoms with Gasteiger partial charge >= 0.3 is 0 Å². The number of ether oxygens (including phenoxy) is 1. The molecule has 1 aromatic carbocycles. The third-order valence-corrected chi connectivity index (χ3v) is 5.88. The molecule has 2 aromatic rings. The van der Waals surface area contributed by atoms with Crippen LogP contribution in [0, 0.1) is 0 Å². The average molecular weight is 320 g/mol. The van der Waals surface area contributed by atoms with Gasteiger partial charge in [-0.3, -0.25) is 0 Å². The Morgan fingerprint density at radius 1 is 1.29 bits per heavy atom. The zero-order chi connectivity index (χ0) is 14.7. The van der Waals surface area contributed by atoms with Crippen molar-refractivity contribution in [3.63, 3.8) is 0 Å². The Balaban J connectivity index is 1.75. The number of thiophene rings is 1. The van der Waals surface area contributed by atoms with Gasteiger partial charge in [0.15, 0.2) is 0 Å². The lowest BCUT2D eigenvalue weighted by molar-refractivity contribution is 0.224. The fourth-order valence-corrected chi connectivity index (χ4v) is 4.83. The monoisotopic (exact) mass is 320 g/mol. The van der Waals surface area contributed by atoms with Crippen molar-refractivity contribution in [1.29, 1.82) is 0 Å². The van der Waals surface area contributed by atoms with Gasteiger partial charge in [0.05, 0.1) is 6.61 Å². The maximum Gasteiger partial charge on any atom is 0.119 e. The van der Waals surface area contributed by atoms with Crippen molar-refractivity contribution in [3.8, 4) is 5.75 Å². The summed E-state index contributed by atoms with van der Waals surface area (Å²) in [6, 6.07) is 9.99. The van der Waals surface area contributed by atoms with E-state index in [9.17, 15) is 5.11 Å². The second-order valence-corrected chi connectivity index (χ2v) is 7.49. The summed E-state index contributed by atoms with van der Waals surface area (Å²) >= 11 is 3.74. The standard InChI is InChI=1S/C17H20O2S2/c1-2-8-19-14-5-3-12(4-6-14)17(18)16-10-13-11-20-9-7-15(13)21-16/h3-6,10,17-18H,2,7-9,11H2,1H3. The Morgan fingerprint density at radius 3 is 2.81 bits per heavy atom. The number of aliphatic hydroxyl groups excluding tert-OH is 1. The van der Waals surface area contributed by atoms with Gasteiger partial charge < -0.3 is 9.84 Å². The molecule has 0 radical (unpaired) electrons. The number of benzene rings is 1.